The molecule has 5 N–H and O–H groups in total. The number of aliphatic hydroxyl groups excluding tert-OH is 1. The Hall–Kier alpha value is -0.540. The molecular formula is C25H56N2O7P+. The highest BCUT2D eigenvalue weighted by atomic mass is 31.2. The van der Waals surface area contributed by atoms with Crippen molar-refractivity contribution >= 4 is 13.7 Å². The van der Waals surface area contributed by atoms with E-state index in [1.807, 2.05) is 21.1 Å². The number of amides is 1. The number of hydrogen-bond donors (Lipinski definition) is 3. The Kier molecular flexibility index (Phi) is 22.5. The van der Waals surface area contributed by atoms with Gasteiger partial charge in [0.15, 0.2) is 6.54 Å². The van der Waals surface area contributed by atoms with E-state index >= 15 is 0 Å². The van der Waals surface area contributed by atoms with Crippen LogP contribution >= 0.6 is 7.82 Å². The monoisotopic (exact) mass is 527 g/mol. The van der Waals surface area contributed by atoms with Crippen LogP contribution in [0.5, 0.6) is 0 Å². The Morgan fingerprint density at radius 3 is 1.63 bits per heavy atom. The number of nitrogens with zero attached hydrogens (tertiary/aromatic N) is 2. The normalized spacial score (nSPS) is 12.9. The van der Waals surface area contributed by atoms with Crippen molar-refractivity contribution in [3.8, 4) is 0 Å². The Morgan fingerprint density at radius 2 is 1.26 bits per heavy atom. The van der Waals surface area contributed by atoms with E-state index in [2.05, 4.69) is 11.4 Å². The summed E-state index contributed by atoms with van der Waals surface area (Å²) in [6.45, 7) is 3.03. The van der Waals surface area contributed by atoms with E-state index in [0.29, 0.717) is 24.1 Å². The van der Waals surface area contributed by atoms with Gasteiger partial charge in [-0.05, 0) is 12.8 Å². The number of carbonyl (C=O) groups is 1. The topological polar surface area (TPSA) is 139 Å². The fourth-order valence-electron chi connectivity index (χ4n) is 4.04. The first kappa shape index (κ1) is 36.6. The van der Waals surface area contributed by atoms with Gasteiger partial charge in [0.1, 0.15) is 0 Å². The van der Waals surface area contributed by atoms with Gasteiger partial charge in [-0.3, -0.25) is 9.32 Å². The second-order valence-electron chi connectivity index (χ2n) is 10.6. The zero-order chi connectivity index (χ0) is 25.9. The zero-order valence-electron chi connectivity index (χ0n) is 22.9. The van der Waals surface area contributed by atoms with Gasteiger partial charge in [-0.15, -0.1) is 0 Å². The van der Waals surface area contributed by atoms with Crippen molar-refractivity contribution in [1.29, 1.82) is 0 Å². The van der Waals surface area contributed by atoms with Gasteiger partial charge >= 0.3 is 7.82 Å². The maximum atomic E-state index is 12.8. The van der Waals surface area contributed by atoms with E-state index in [0.717, 1.165) is 19.3 Å². The first-order chi connectivity index (χ1) is 16.0. The molecule has 0 aliphatic rings. The number of aliphatic hydroxyl groups is 1. The molecular weight excluding hydrogens is 471 g/mol. The molecule has 0 aliphatic carbocycles. The van der Waals surface area contributed by atoms with Crippen LogP contribution in [-0.4, -0.2) is 89.1 Å². The van der Waals surface area contributed by atoms with Gasteiger partial charge in [0, 0.05) is 13.1 Å². The molecule has 35 heavy (non-hydrogen) atoms. The number of hydrogen-bond acceptors (Lipinski definition) is 4. The molecule has 212 valence electrons. The SMILES string of the molecule is CCCCCCCCCCCCCCCCN(CCC(CO)OP(=O)(O)O)C(=O)C[N+](C)(C)C.O. The van der Waals surface area contributed by atoms with Gasteiger partial charge in [0.05, 0.1) is 33.9 Å². The number of phosphoric ester groups is 1. The summed E-state index contributed by atoms with van der Waals surface area (Å²) < 4.78 is 16.2. The molecule has 1 atom stereocenters. The number of carbonyl (C=O) groups excluding carboxylic acids is 1. The van der Waals surface area contributed by atoms with E-state index in [1.54, 1.807) is 4.90 Å². The van der Waals surface area contributed by atoms with Gasteiger partial charge in [-0.25, -0.2) is 4.57 Å². The zero-order valence-corrected chi connectivity index (χ0v) is 23.8. The van der Waals surface area contributed by atoms with Gasteiger partial charge in [-0.2, -0.15) is 0 Å². The molecule has 1 amide bonds. The minimum absolute atomic E-state index is 0. The lowest BCUT2D eigenvalue weighted by Crippen LogP contribution is -2.47. The highest BCUT2D eigenvalue weighted by molar-refractivity contribution is 7.46. The highest BCUT2D eigenvalue weighted by Gasteiger charge is 2.25. The summed E-state index contributed by atoms with van der Waals surface area (Å²) in [5.41, 5.74) is 0. The predicted molar refractivity (Wildman–Crippen MR) is 142 cm³/mol. The fraction of sp³-hybridized carbons (Fsp3) is 0.960. The van der Waals surface area contributed by atoms with E-state index in [-0.39, 0.29) is 17.8 Å². The van der Waals surface area contributed by atoms with Crippen LogP contribution in [0.15, 0.2) is 0 Å². The Bertz CT molecular complexity index is 552. The van der Waals surface area contributed by atoms with Gasteiger partial charge in [-0.1, -0.05) is 90.4 Å². The third-order valence-corrected chi connectivity index (χ3v) is 6.53. The Balaban J connectivity index is 0. The lowest BCUT2D eigenvalue weighted by molar-refractivity contribution is -0.862. The molecule has 0 saturated carbocycles. The summed E-state index contributed by atoms with van der Waals surface area (Å²) in [6, 6.07) is 0. The first-order valence-electron chi connectivity index (χ1n) is 13.4. The van der Waals surface area contributed by atoms with Crippen LogP contribution in [0.4, 0.5) is 0 Å². The summed E-state index contributed by atoms with van der Waals surface area (Å²) in [5, 5.41) is 9.36. The van der Waals surface area contributed by atoms with Crippen LogP contribution < -0.4 is 0 Å². The van der Waals surface area contributed by atoms with Crippen LogP contribution in [0.1, 0.15) is 103 Å². The molecule has 0 spiro atoms. The largest absolute Gasteiger partial charge is 0.469 e. The first-order valence-corrected chi connectivity index (χ1v) is 14.9. The van der Waals surface area contributed by atoms with E-state index in [4.69, 9.17) is 9.79 Å². The molecule has 1 unspecified atom stereocenters. The standard InChI is InChI=1S/C25H53N2O6P.H2O/c1-5-6-7-8-9-10-11-12-13-14-15-16-17-18-20-26(25(29)22-27(2,3)4)21-19-24(23-28)33-34(30,31)32;/h24,28H,5-23H2,1-4H3,(H-,30,31,32);1H2/p+1. The average molecular weight is 528 g/mol. The maximum Gasteiger partial charge on any atom is 0.469 e. The number of rotatable bonds is 23. The highest BCUT2D eigenvalue weighted by Crippen LogP contribution is 2.38. The molecule has 0 aromatic heterocycles. The van der Waals surface area contributed by atoms with Crippen molar-refractivity contribution in [1.82, 2.24) is 4.90 Å². The Labute approximate surface area is 214 Å². The summed E-state index contributed by atoms with van der Waals surface area (Å²) >= 11 is 0. The molecule has 0 rings (SSSR count). The predicted octanol–water partition coefficient (Wildman–Crippen LogP) is 4.04. The molecule has 0 aromatic carbocycles. The second-order valence-corrected chi connectivity index (χ2v) is 11.8. The van der Waals surface area contributed by atoms with Crippen molar-refractivity contribution < 1.29 is 38.7 Å². The molecule has 0 heterocycles. The maximum absolute atomic E-state index is 12.8. The molecule has 0 radical (unpaired) electrons. The van der Waals surface area contributed by atoms with Crippen molar-refractivity contribution in [3.05, 3.63) is 0 Å². The van der Waals surface area contributed by atoms with Crippen molar-refractivity contribution in [3.63, 3.8) is 0 Å². The van der Waals surface area contributed by atoms with Crippen molar-refractivity contribution in [2.24, 2.45) is 0 Å². The average Bonchev–Trinajstić information content (AvgIpc) is 2.72. The lowest BCUT2D eigenvalue weighted by atomic mass is 10.0. The molecule has 0 saturated heterocycles. The molecule has 9 nitrogen and oxygen atoms in total. The quantitative estimate of drug-likeness (QED) is 0.104. The molecule has 0 fully saturated rings. The third kappa shape index (κ3) is 24.9. The van der Waals surface area contributed by atoms with Crippen LogP contribution in [0.3, 0.4) is 0 Å². The van der Waals surface area contributed by atoms with Crippen LogP contribution in [0, 0.1) is 0 Å². The smallest absolute Gasteiger partial charge is 0.412 e. The van der Waals surface area contributed by atoms with Crippen molar-refractivity contribution in [2.45, 2.75) is 109 Å². The third-order valence-electron chi connectivity index (χ3n) is 5.95. The van der Waals surface area contributed by atoms with Crippen LogP contribution in [0.2, 0.25) is 0 Å². The number of phosphoric acid groups is 1. The number of unbranched alkanes of at least 4 members (excludes halogenated alkanes) is 13. The van der Waals surface area contributed by atoms with Gasteiger partial charge in [0.25, 0.3) is 5.91 Å². The summed E-state index contributed by atoms with van der Waals surface area (Å²) in [7, 11) is 1.19. The molecule has 10 heteroatoms. The summed E-state index contributed by atoms with van der Waals surface area (Å²) in [6.07, 6.45) is 17.0. The van der Waals surface area contributed by atoms with Crippen LogP contribution in [0.25, 0.3) is 0 Å². The van der Waals surface area contributed by atoms with Gasteiger partial charge < -0.3 is 29.8 Å². The molecule has 0 bridgehead atoms. The summed E-state index contributed by atoms with van der Waals surface area (Å²) in [5.74, 6) is 0.00932. The van der Waals surface area contributed by atoms with E-state index in [9.17, 15) is 14.5 Å². The van der Waals surface area contributed by atoms with Crippen molar-refractivity contribution in [2.75, 3.05) is 47.4 Å². The fourth-order valence-corrected chi connectivity index (χ4v) is 4.60. The number of likely N-dealkylation sites (N-methyl/N-ethyl adjacent to an activating group) is 1. The Morgan fingerprint density at radius 1 is 0.829 bits per heavy atom. The number of quaternary nitrogens is 1. The molecule has 0 aromatic rings. The summed E-state index contributed by atoms with van der Waals surface area (Å²) in [4.78, 5) is 32.5. The van der Waals surface area contributed by atoms with Gasteiger partial charge in [0.2, 0.25) is 0 Å². The van der Waals surface area contributed by atoms with Crippen LogP contribution in [-0.2, 0) is 13.9 Å². The van der Waals surface area contributed by atoms with E-state index < -0.39 is 20.5 Å². The molecule has 0 aliphatic heterocycles. The lowest BCUT2D eigenvalue weighted by Gasteiger charge is -2.29. The van der Waals surface area contributed by atoms with E-state index in [1.165, 1.54) is 70.6 Å². The minimum Gasteiger partial charge on any atom is -0.412 e. The minimum atomic E-state index is -4.67. The second kappa shape index (κ2) is 21.5.